The molecule has 2 nitrogen and oxygen atoms in total. The molecule has 0 bridgehead atoms. The van der Waals surface area contributed by atoms with Gasteiger partial charge in [-0.05, 0) is 57.9 Å². The maximum atomic E-state index is 10.3. The normalized spacial score (nSPS) is 12.3. The van der Waals surface area contributed by atoms with Gasteiger partial charge >= 0.3 is 0 Å². The van der Waals surface area contributed by atoms with E-state index in [-0.39, 0.29) is 5.75 Å². The van der Waals surface area contributed by atoms with Gasteiger partial charge in [0.1, 0.15) is 5.75 Å². The number of aromatic hydroxyl groups is 1. The van der Waals surface area contributed by atoms with Crippen molar-refractivity contribution >= 4 is 27.3 Å². The van der Waals surface area contributed by atoms with Gasteiger partial charge in [0.25, 0.3) is 0 Å². The molecule has 0 atom stereocenters. The largest absolute Gasteiger partial charge is 0.506 e. The van der Waals surface area contributed by atoms with Crippen molar-refractivity contribution in [1.82, 2.24) is 0 Å². The van der Waals surface area contributed by atoms with Gasteiger partial charge in [-0.25, -0.2) is 0 Å². The molecule has 0 heterocycles. The number of halogens is 1. The van der Waals surface area contributed by atoms with E-state index < -0.39 is 0 Å². The summed E-state index contributed by atoms with van der Waals surface area (Å²) in [6.45, 7) is 10.7. The van der Waals surface area contributed by atoms with E-state index in [2.05, 4.69) is 61.8 Å². The average Bonchev–Trinajstić information content (AvgIpc) is 2.49. The quantitative estimate of drug-likeness (QED) is 0.606. The number of aliphatic imine (C=N–C) groups is 1. The lowest BCUT2D eigenvalue weighted by atomic mass is 9.92. The molecular weight excluding hydrogens is 350 g/mol. The van der Waals surface area contributed by atoms with Crippen molar-refractivity contribution in [3.05, 3.63) is 57.6 Å². The zero-order valence-electron chi connectivity index (χ0n) is 14.4. The highest BCUT2D eigenvalue weighted by molar-refractivity contribution is 9.10. The number of rotatable bonds is 4. The van der Waals surface area contributed by atoms with E-state index in [1.165, 1.54) is 11.1 Å². The molecule has 0 saturated heterocycles. The molecule has 2 aromatic rings. The smallest absolute Gasteiger partial charge is 0.138 e. The Morgan fingerprint density at radius 2 is 1.48 bits per heavy atom. The van der Waals surface area contributed by atoms with Gasteiger partial charge in [0.15, 0.2) is 0 Å². The average molecular weight is 374 g/mol. The minimum absolute atomic E-state index is 0.238. The Morgan fingerprint density at radius 1 is 0.957 bits per heavy atom. The number of hydrogen-bond acceptors (Lipinski definition) is 2. The summed E-state index contributed by atoms with van der Waals surface area (Å²) in [5.74, 6) is 1.04. The molecule has 0 aromatic heterocycles. The second-order valence-corrected chi connectivity index (χ2v) is 7.28. The van der Waals surface area contributed by atoms with Crippen LogP contribution in [0.5, 0.6) is 5.75 Å². The zero-order chi connectivity index (χ0) is 17.1. The van der Waals surface area contributed by atoms with Crippen molar-refractivity contribution < 1.29 is 5.11 Å². The van der Waals surface area contributed by atoms with Crippen molar-refractivity contribution in [1.29, 1.82) is 0 Å². The van der Waals surface area contributed by atoms with Crippen LogP contribution in [-0.4, -0.2) is 10.8 Å². The second kappa shape index (κ2) is 7.31. The monoisotopic (exact) mass is 373 g/mol. The van der Waals surface area contributed by atoms with Gasteiger partial charge in [-0.3, -0.25) is 4.99 Å². The van der Waals surface area contributed by atoms with E-state index in [9.17, 15) is 5.11 Å². The lowest BCUT2D eigenvalue weighted by Crippen LogP contribution is -2.00. The van der Waals surface area contributed by atoms with E-state index in [1.54, 1.807) is 0 Å². The van der Waals surface area contributed by atoms with Gasteiger partial charge < -0.3 is 5.11 Å². The minimum atomic E-state index is 0.238. The number of benzene rings is 2. The Balaban J connectivity index is 2.63. The van der Waals surface area contributed by atoms with Crippen LogP contribution in [0.15, 0.2) is 45.9 Å². The van der Waals surface area contributed by atoms with E-state index in [0.717, 1.165) is 17.0 Å². The highest BCUT2D eigenvalue weighted by Crippen LogP contribution is 2.36. The number of phenols is 1. The summed E-state index contributed by atoms with van der Waals surface area (Å²) in [6.07, 6.45) is 0. The number of para-hydroxylation sites is 2. The Bertz CT molecular complexity index is 706. The van der Waals surface area contributed by atoms with Crippen LogP contribution in [-0.2, 0) is 0 Å². The Kier molecular flexibility index (Phi) is 5.64. The molecule has 0 spiro atoms. The lowest BCUT2D eigenvalue weighted by Gasteiger charge is -2.17. The molecule has 1 N–H and O–H groups in total. The van der Waals surface area contributed by atoms with E-state index in [4.69, 9.17) is 4.99 Å². The fraction of sp³-hybridized carbons (Fsp3) is 0.350. The molecule has 23 heavy (non-hydrogen) atoms. The third-order valence-corrected chi connectivity index (χ3v) is 4.64. The van der Waals surface area contributed by atoms with Crippen LogP contribution >= 0.6 is 15.9 Å². The molecule has 0 fully saturated rings. The topological polar surface area (TPSA) is 32.6 Å². The first-order chi connectivity index (χ1) is 10.8. The van der Waals surface area contributed by atoms with Gasteiger partial charge in [0.2, 0.25) is 0 Å². The SMILES string of the molecule is C/C(=N\c1c(C(C)C)cccc1C(C)C)c1cccc(Br)c1O. The summed E-state index contributed by atoms with van der Waals surface area (Å²) in [4.78, 5) is 4.91. The molecule has 0 radical (unpaired) electrons. The van der Waals surface area contributed by atoms with Crippen molar-refractivity contribution in [3.63, 3.8) is 0 Å². The molecule has 2 rings (SSSR count). The van der Waals surface area contributed by atoms with Crippen LogP contribution in [0, 0.1) is 0 Å². The highest BCUT2D eigenvalue weighted by atomic mass is 79.9. The molecule has 122 valence electrons. The Labute approximate surface area is 147 Å². The van der Waals surface area contributed by atoms with Crippen LogP contribution in [0.4, 0.5) is 5.69 Å². The number of phenolic OH excluding ortho intramolecular Hbond substituents is 1. The third-order valence-electron chi connectivity index (χ3n) is 4.00. The van der Waals surface area contributed by atoms with Gasteiger partial charge in [-0.15, -0.1) is 0 Å². The zero-order valence-corrected chi connectivity index (χ0v) is 16.0. The van der Waals surface area contributed by atoms with Gasteiger partial charge in [-0.1, -0.05) is 52.0 Å². The Hall–Kier alpha value is -1.61. The van der Waals surface area contributed by atoms with Crippen LogP contribution in [0.2, 0.25) is 0 Å². The molecule has 0 saturated carbocycles. The summed E-state index contributed by atoms with van der Waals surface area (Å²) in [5.41, 5.74) is 5.09. The molecule has 2 aromatic carbocycles. The van der Waals surface area contributed by atoms with Crippen LogP contribution in [0.25, 0.3) is 0 Å². The maximum absolute atomic E-state index is 10.3. The predicted octanol–water partition coefficient (Wildman–Crippen LogP) is 6.54. The van der Waals surface area contributed by atoms with Crippen molar-refractivity contribution in [2.45, 2.75) is 46.5 Å². The molecular formula is C20H24BrNO. The Morgan fingerprint density at radius 3 is 2.00 bits per heavy atom. The van der Waals surface area contributed by atoms with E-state index in [1.807, 2.05) is 25.1 Å². The first-order valence-corrected chi connectivity index (χ1v) is 8.78. The molecule has 0 aliphatic carbocycles. The number of nitrogens with zero attached hydrogens (tertiary/aromatic N) is 1. The summed E-state index contributed by atoms with van der Waals surface area (Å²) in [7, 11) is 0. The summed E-state index contributed by atoms with van der Waals surface area (Å²) in [5, 5.41) is 10.3. The first kappa shape index (κ1) is 17.7. The first-order valence-electron chi connectivity index (χ1n) is 7.98. The van der Waals surface area contributed by atoms with E-state index in [0.29, 0.717) is 16.3 Å². The lowest BCUT2D eigenvalue weighted by molar-refractivity contribution is 0.471. The minimum Gasteiger partial charge on any atom is -0.506 e. The van der Waals surface area contributed by atoms with Gasteiger partial charge in [-0.2, -0.15) is 0 Å². The summed E-state index contributed by atoms with van der Waals surface area (Å²) >= 11 is 3.37. The van der Waals surface area contributed by atoms with Gasteiger partial charge in [0, 0.05) is 11.3 Å². The van der Waals surface area contributed by atoms with Crippen molar-refractivity contribution in [3.8, 4) is 5.75 Å². The van der Waals surface area contributed by atoms with Crippen LogP contribution in [0.1, 0.15) is 63.1 Å². The van der Waals surface area contributed by atoms with Crippen molar-refractivity contribution in [2.75, 3.05) is 0 Å². The standard InChI is InChI=1S/C20H24BrNO/c1-12(2)15-8-6-9-16(13(3)4)19(15)22-14(5)17-10-7-11-18(21)20(17)23/h6-13,23H,1-5H3/b22-14+. The van der Waals surface area contributed by atoms with Gasteiger partial charge in [0.05, 0.1) is 10.2 Å². The molecule has 3 heteroatoms. The number of hydrogen-bond donors (Lipinski definition) is 1. The predicted molar refractivity (Wildman–Crippen MR) is 102 cm³/mol. The second-order valence-electron chi connectivity index (χ2n) is 6.43. The van der Waals surface area contributed by atoms with E-state index >= 15 is 0 Å². The summed E-state index contributed by atoms with van der Waals surface area (Å²) in [6, 6.07) is 12.0. The van der Waals surface area contributed by atoms with Crippen LogP contribution < -0.4 is 0 Å². The summed E-state index contributed by atoms with van der Waals surface area (Å²) < 4.78 is 0.686. The molecule has 0 aliphatic rings. The molecule has 0 unspecified atom stereocenters. The fourth-order valence-electron chi connectivity index (χ4n) is 2.68. The van der Waals surface area contributed by atoms with Crippen molar-refractivity contribution in [2.24, 2.45) is 4.99 Å². The molecule has 0 amide bonds. The van der Waals surface area contributed by atoms with Crippen LogP contribution in [0.3, 0.4) is 0 Å². The fourth-order valence-corrected chi connectivity index (χ4v) is 3.04. The maximum Gasteiger partial charge on any atom is 0.138 e. The third kappa shape index (κ3) is 3.84. The highest BCUT2D eigenvalue weighted by Gasteiger charge is 2.15. The molecule has 0 aliphatic heterocycles.